The molecule has 1 aliphatic heterocycles. The van der Waals surface area contributed by atoms with Crippen molar-refractivity contribution in [2.45, 2.75) is 24.9 Å². The van der Waals surface area contributed by atoms with E-state index in [0.717, 1.165) is 32.4 Å². The lowest BCUT2D eigenvalue weighted by atomic mass is 9.89. The molecule has 0 radical (unpaired) electrons. The third-order valence-corrected chi connectivity index (χ3v) is 2.06. The lowest BCUT2D eigenvalue weighted by Gasteiger charge is -2.31. The molecular weight excluding hydrogens is 126 g/mol. The molecule has 1 aliphatic rings. The van der Waals surface area contributed by atoms with E-state index in [9.17, 15) is 5.11 Å². The van der Waals surface area contributed by atoms with Gasteiger partial charge >= 0.3 is 0 Å². The van der Waals surface area contributed by atoms with Gasteiger partial charge in [-0.2, -0.15) is 0 Å². The van der Waals surface area contributed by atoms with Crippen LogP contribution in [0.2, 0.25) is 0 Å². The molecule has 0 bridgehead atoms. The molecule has 10 heavy (non-hydrogen) atoms. The molecule has 1 saturated heterocycles. The fourth-order valence-corrected chi connectivity index (χ4v) is 1.36. The Morgan fingerprint density at radius 2 is 2.10 bits per heavy atom. The largest absolute Gasteiger partial charge is 0.389 e. The zero-order valence-corrected chi connectivity index (χ0v) is 6.27. The number of rotatable bonds is 2. The van der Waals surface area contributed by atoms with Crippen molar-refractivity contribution in [1.82, 2.24) is 5.32 Å². The predicted molar refractivity (Wildman–Crippen MR) is 41.9 cm³/mol. The molecule has 2 heteroatoms. The highest BCUT2D eigenvalue weighted by molar-refractivity contribution is 4.89. The van der Waals surface area contributed by atoms with Crippen LogP contribution in [-0.2, 0) is 0 Å². The quantitative estimate of drug-likeness (QED) is 0.554. The summed E-state index contributed by atoms with van der Waals surface area (Å²) in [5.41, 5.74) is -0.451. The highest BCUT2D eigenvalue weighted by Gasteiger charge is 2.26. The van der Waals surface area contributed by atoms with Gasteiger partial charge in [-0.05, 0) is 32.4 Å². The van der Waals surface area contributed by atoms with Gasteiger partial charge in [-0.1, -0.05) is 6.08 Å². The lowest BCUT2D eigenvalue weighted by Crippen LogP contribution is -2.41. The molecule has 1 fully saturated rings. The predicted octanol–water partition coefficient (Wildman–Crippen LogP) is 0.677. The summed E-state index contributed by atoms with van der Waals surface area (Å²) in [7, 11) is 0. The van der Waals surface area contributed by atoms with Crippen molar-refractivity contribution in [2.75, 3.05) is 13.1 Å². The van der Waals surface area contributed by atoms with Crippen molar-refractivity contribution in [3.8, 4) is 0 Å². The first-order valence-electron chi connectivity index (χ1n) is 3.81. The van der Waals surface area contributed by atoms with Gasteiger partial charge in [0.1, 0.15) is 0 Å². The SMILES string of the molecule is C=CCC1(O)CCNCC1. The summed E-state index contributed by atoms with van der Waals surface area (Å²) < 4.78 is 0. The highest BCUT2D eigenvalue weighted by atomic mass is 16.3. The Labute approximate surface area is 61.9 Å². The van der Waals surface area contributed by atoms with Crippen LogP contribution in [0.15, 0.2) is 12.7 Å². The summed E-state index contributed by atoms with van der Waals surface area (Å²) in [6, 6.07) is 0. The zero-order chi connectivity index (χ0) is 7.45. The van der Waals surface area contributed by atoms with E-state index in [2.05, 4.69) is 11.9 Å². The second-order valence-corrected chi connectivity index (χ2v) is 2.97. The molecular formula is C8H15NO. The fourth-order valence-electron chi connectivity index (χ4n) is 1.36. The molecule has 0 aromatic heterocycles. The maximum absolute atomic E-state index is 9.76. The molecule has 0 unspecified atom stereocenters. The van der Waals surface area contributed by atoms with E-state index in [1.807, 2.05) is 0 Å². The van der Waals surface area contributed by atoms with Crippen LogP contribution in [0.5, 0.6) is 0 Å². The minimum atomic E-state index is -0.451. The number of hydrogen-bond acceptors (Lipinski definition) is 2. The smallest absolute Gasteiger partial charge is 0.0706 e. The van der Waals surface area contributed by atoms with Gasteiger partial charge in [-0.3, -0.25) is 0 Å². The van der Waals surface area contributed by atoms with Crippen LogP contribution in [0.1, 0.15) is 19.3 Å². The molecule has 0 aromatic rings. The van der Waals surface area contributed by atoms with Crippen LogP contribution in [-0.4, -0.2) is 23.8 Å². The van der Waals surface area contributed by atoms with Crippen molar-refractivity contribution >= 4 is 0 Å². The zero-order valence-electron chi connectivity index (χ0n) is 6.27. The van der Waals surface area contributed by atoms with Crippen LogP contribution in [0, 0.1) is 0 Å². The third kappa shape index (κ3) is 1.82. The fraction of sp³-hybridized carbons (Fsp3) is 0.750. The molecule has 1 heterocycles. The van der Waals surface area contributed by atoms with Crippen LogP contribution in [0.3, 0.4) is 0 Å². The van der Waals surface area contributed by atoms with E-state index in [-0.39, 0.29) is 0 Å². The van der Waals surface area contributed by atoms with Crippen LogP contribution >= 0.6 is 0 Å². The molecule has 0 aliphatic carbocycles. The summed E-state index contributed by atoms with van der Waals surface area (Å²) in [6.07, 6.45) is 4.25. The molecule has 2 N–H and O–H groups in total. The minimum Gasteiger partial charge on any atom is -0.389 e. The van der Waals surface area contributed by atoms with Gasteiger partial charge in [-0.25, -0.2) is 0 Å². The number of nitrogens with one attached hydrogen (secondary N) is 1. The Morgan fingerprint density at radius 1 is 1.50 bits per heavy atom. The van der Waals surface area contributed by atoms with Crippen molar-refractivity contribution < 1.29 is 5.11 Å². The highest BCUT2D eigenvalue weighted by Crippen LogP contribution is 2.21. The number of aliphatic hydroxyl groups is 1. The van der Waals surface area contributed by atoms with Gasteiger partial charge in [0.2, 0.25) is 0 Å². The molecule has 0 amide bonds. The van der Waals surface area contributed by atoms with Gasteiger partial charge in [0, 0.05) is 0 Å². The molecule has 0 saturated carbocycles. The summed E-state index contributed by atoms with van der Waals surface area (Å²) in [6.45, 7) is 5.49. The Kier molecular flexibility index (Phi) is 2.46. The molecule has 0 spiro atoms. The van der Waals surface area contributed by atoms with Crippen molar-refractivity contribution in [3.63, 3.8) is 0 Å². The average Bonchev–Trinajstić information content (AvgIpc) is 1.89. The summed E-state index contributed by atoms with van der Waals surface area (Å²) in [4.78, 5) is 0. The summed E-state index contributed by atoms with van der Waals surface area (Å²) in [5.74, 6) is 0. The Morgan fingerprint density at radius 3 is 2.60 bits per heavy atom. The van der Waals surface area contributed by atoms with Gasteiger partial charge in [-0.15, -0.1) is 6.58 Å². The summed E-state index contributed by atoms with van der Waals surface area (Å²) >= 11 is 0. The van der Waals surface area contributed by atoms with E-state index in [4.69, 9.17) is 0 Å². The topological polar surface area (TPSA) is 32.3 Å². The van der Waals surface area contributed by atoms with Gasteiger partial charge in [0.05, 0.1) is 5.60 Å². The van der Waals surface area contributed by atoms with E-state index in [1.54, 1.807) is 6.08 Å². The third-order valence-electron chi connectivity index (χ3n) is 2.06. The first kappa shape index (κ1) is 7.76. The molecule has 58 valence electrons. The molecule has 2 nitrogen and oxygen atoms in total. The minimum absolute atomic E-state index is 0.451. The normalized spacial score (nSPS) is 24.1. The van der Waals surface area contributed by atoms with Crippen LogP contribution < -0.4 is 5.32 Å². The van der Waals surface area contributed by atoms with E-state index < -0.39 is 5.60 Å². The van der Waals surface area contributed by atoms with Gasteiger partial charge in [0.15, 0.2) is 0 Å². The van der Waals surface area contributed by atoms with E-state index in [1.165, 1.54) is 0 Å². The lowest BCUT2D eigenvalue weighted by molar-refractivity contribution is 0.0134. The van der Waals surface area contributed by atoms with Crippen molar-refractivity contribution in [1.29, 1.82) is 0 Å². The number of piperidine rings is 1. The van der Waals surface area contributed by atoms with Gasteiger partial charge < -0.3 is 10.4 Å². The van der Waals surface area contributed by atoms with Crippen molar-refractivity contribution in [2.24, 2.45) is 0 Å². The van der Waals surface area contributed by atoms with Crippen molar-refractivity contribution in [3.05, 3.63) is 12.7 Å². The average molecular weight is 141 g/mol. The second-order valence-electron chi connectivity index (χ2n) is 2.97. The monoisotopic (exact) mass is 141 g/mol. The van der Waals surface area contributed by atoms with Crippen LogP contribution in [0.25, 0.3) is 0 Å². The maximum atomic E-state index is 9.76. The maximum Gasteiger partial charge on any atom is 0.0706 e. The first-order valence-corrected chi connectivity index (χ1v) is 3.81. The molecule has 1 rings (SSSR count). The summed E-state index contributed by atoms with van der Waals surface area (Å²) in [5, 5.41) is 13.0. The standard InChI is InChI=1S/C8H15NO/c1-2-3-8(10)4-6-9-7-5-8/h2,9-10H,1,3-7H2. The number of hydrogen-bond donors (Lipinski definition) is 2. The molecule has 0 atom stereocenters. The van der Waals surface area contributed by atoms with E-state index in [0.29, 0.717) is 0 Å². The Balaban J connectivity index is 2.39. The Hall–Kier alpha value is -0.340. The van der Waals surface area contributed by atoms with Crippen LogP contribution in [0.4, 0.5) is 0 Å². The first-order chi connectivity index (χ1) is 4.77. The second kappa shape index (κ2) is 3.17. The van der Waals surface area contributed by atoms with E-state index >= 15 is 0 Å². The van der Waals surface area contributed by atoms with Gasteiger partial charge in [0.25, 0.3) is 0 Å². The Bertz CT molecular complexity index is 116. The molecule has 0 aromatic carbocycles.